The molecule has 266 valence electrons. The van der Waals surface area contributed by atoms with Crippen LogP contribution in [0.2, 0.25) is 78.6 Å². The van der Waals surface area contributed by atoms with Crippen molar-refractivity contribution in [1.82, 2.24) is 0 Å². The maximum absolute atomic E-state index is 12.1. The molecule has 0 amide bonds. The Labute approximate surface area is 284 Å². The molecule has 0 aliphatic carbocycles. The van der Waals surface area contributed by atoms with Crippen molar-refractivity contribution in [2.24, 2.45) is 0 Å². The van der Waals surface area contributed by atoms with Crippen LogP contribution in [0.25, 0.3) is 0 Å². The summed E-state index contributed by atoms with van der Waals surface area (Å²) >= 11 is 0. The molecule has 0 bridgehead atoms. The Morgan fingerprint density at radius 2 is 1.23 bits per heavy atom. The zero-order chi connectivity index (χ0) is 34.9. The predicted molar refractivity (Wildman–Crippen MR) is 216 cm³/mol. The van der Waals surface area contributed by atoms with Gasteiger partial charge in [-0.2, -0.15) is 0 Å². The molecule has 0 saturated heterocycles. The summed E-state index contributed by atoms with van der Waals surface area (Å²) in [6.45, 7) is 29.8. The van der Waals surface area contributed by atoms with E-state index in [0.29, 0.717) is 9.76 Å². The van der Waals surface area contributed by atoms with E-state index in [9.17, 15) is 18.8 Å². The van der Waals surface area contributed by atoms with Crippen molar-refractivity contribution in [2.75, 3.05) is 14.2 Å². The topological polar surface area (TPSA) is 133 Å². The van der Waals surface area contributed by atoms with Crippen molar-refractivity contribution in [1.29, 1.82) is 0 Å². The third-order valence-corrected chi connectivity index (χ3v) is 90.5. The second-order valence-electron chi connectivity index (χ2n) is 12.6. The van der Waals surface area contributed by atoms with Crippen LogP contribution in [-0.2, 0) is 29.8 Å². The molecule has 0 aromatic heterocycles. The van der Waals surface area contributed by atoms with Gasteiger partial charge in [-0.3, -0.25) is 0 Å². The fourth-order valence-electron chi connectivity index (χ4n) is 3.60. The average Bonchev–Trinajstić information content (AvgIpc) is 2.86. The highest BCUT2D eigenvalue weighted by Gasteiger charge is 2.69. The van der Waals surface area contributed by atoms with Gasteiger partial charge in [0.2, 0.25) is 22.5 Å². The third kappa shape index (κ3) is 20.9. The molecule has 3 unspecified atom stereocenters. The molecule has 0 aliphatic heterocycles. The molecule has 3 atom stereocenters. The van der Waals surface area contributed by atoms with E-state index in [1.807, 2.05) is 26.9 Å². The number of rotatable bonds is 16. The fourth-order valence-corrected chi connectivity index (χ4v) is 114. The van der Waals surface area contributed by atoms with Crippen LogP contribution in [0.3, 0.4) is 0 Å². The molecule has 3 N–H and O–H groups in total. The Bertz CT molecular complexity index is 714. The summed E-state index contributed by atoms with van der Waals surface area (Å²) in [4.78, 5) is 30.4. The van der Waals surface area contributed by atoms with E-state index >= 15 is 0 Å². The zero-order valence-corrected chi connectivity index (χ0v) is 45.0. The Hall–Kier alpha value is 2.04. The molecule has 43 heavy (non-hydrogen) atoms. The second-order valence-corrected chi connectivity index (χ2v) is 81.8. The van der Waals surface area contributed by atoms with Gasteiger partial charge in [-0.05, 0) is 72.0 Å². The van der Waals surface area contributed by atoms with Gasteiger partial charge in [0.15, 0.2) is 17.6 Å². The average molecular weight is 824 g/mol. The van der Waals surface area contributed by atoms with Gasteiger partial charge in [-0.25, -0.2) is 0 Å². The number of hydrogen-bond donors (Lipinski definition) is 3. The molecule has 0 radical (unpaired) electrons. The van der Waals surface area contributed by atoms with E-state index in [0.717, 1.165) is 0 Å². The Balaban J connectivity index is -0.000000191. The monoisotopic (exact) mass is 822 g/mol. The van der Waals surface area contributed by atoms with Crippen molar-refractivity contribution in [3.63, 3.8) is 0 Å². The largest absolute Gasteiger partial charge is 0.439 e. The lowest BCUT2D eigenvalue weighted by Gasteiger charge is -2.49. The first-order valence-electron chi connectivity index (χ1n) is 15.1. The van der Waals surface area contributed by atoms with Gasteiger partial charge in [0.1, 0.15) is 0 Å². The first-order valence-corrected chi connectivity index (χ1v) is 49.5. The van der Waals surface area contributed by atoms with Gasteiger partial charge < -0.3 is 44.2 Å². The molecular weight excluding hydrogens is 749 g/mol. The maximum atomic E-state index is 12.1. The van der Waals surface area contributed by atoms with Crippen LogP contribution in [0.1, 0.15) is 48.0 Å². The minimum Gasteiger partial charge on any atom is -0.439 e. The van der Waals surface area contributed by atoms with E-state index in [2.05, 4.69) is 59.7 Å². The maximum Gasteiger partial charge on any atom is 0.336 e. The van der Waals surface area contributed by atoms with Crippen LogP contribution in [-0.4, -0.2) is 130 Å². The van der Waals surface area contributed by atoms with Crippen LogP contribution in [0, 0.1) is 0 Å². The lowest BCUT2D eigenvalue weighted by Crippen LogP contribution is -2.85. The smallest absolute Gasteiger partial charge is 0.336 e. The summed E-state index contributed by atoms with van der Waals surface area (Å²) in [6.07, 6.45) is 2.64. The van der Waals surface area contributed by atoms with Crippen molar-refractivity contribution in [2.45, 2.75) is 127 Å². The molecule has 0 fully saturated rings. The minimum atomic E-state index is -3.27. The molecule has 0 aromatic carbocycles. The van der Waals surface area contributed by atoms with E-state index < -0.39 is 82.6 Å². The summed E-state index contributed by atoms with van der Waals surface area (Å²) in [5, 5.41) is 0. The van der Waals surface area contributed by atoms with Crippen LogP contribution in [0.15, 0.2) is 0 Å². The Morgan fingerprint density at radius 3 is 1.44 bits per heavy atom. The van der Waals surface area contributed by atoms with Gasteiger partial charge in [-0.1, -0.05) is 54.5 Å². The zero-order valence-electron chi connectivity index (χ0n) is 30.7. The molecule has 10 nitrogen and oxygen atoms in total. The van der Waals surface area contributed by atoms with Gasteiger partial charge in [-0.15, -0.1) is 0 Å². The SMILES string of the molecule is C.CC.CCCC.CO[Si](C)(O[Si](C)(C)O[Si](C)(C)C)[SiH2]C.CO[Si]([SiH3])([SiH2]O)[Si](O[SiH2]O)(O[Si](C)(C)[Si](C)=O)[Si](C)(C)O. The number of hydrogen-bond acceptors (Lipinski definition) is 10. The van der Waals surface area contributed by atoms with Crippen molar-refractivity contribution >= 4 is 101 Å². The van der Waals surface area contributed by atoms with Gasteiger partial charge in [0.25, 0.3) is 26.3 Å². The van der Waals surface area contributed by atoms with Crippen molar-refractivity contribution < 1.29 is 44.2 Å². The lowest BCUT2D eigenvalue weighted by atomic mass is 10.4. The van der Waals surface area contributed by atoms with Crippen LogP contribution in [0.4, 0.5) is 0 Å². The quantitative estimate of drug-likeness (QED) is 0.198. The van der Waals surface area contributed by atoms with Crippen molar-refractivity contribution in [3.8, 4) is 0 Å². The third-order valence-electron chi connectivity index (χ3n) is 6.36. The van der Waals surface area contributed by atoms with E-state index in [1.165, 1.54) is 12.8 Å². The predicted octanol–water partition coefficient (Wildman–Crippen LogP) is 1.63. The molecule has 0 aliphatic rings. The van der Waals surface area contributed by atoms with Gasteiger partial charge >= 0.3 is 16.2 Å². The van der Waals surface area contributed by atoms with E-state index in [-0.39, 0.29) is 16.5 Å². The first kappa shape index (κ1) is 54.5. The van der Waals surface area contributed by atoms with E-state index in [1.54, 1.807) is 33.9 Å². The van der Waals surface area contributed by atoms with Gasteiger partial charge in [0, 0.05) is 24.0 Å². The Morgan fingerprint density at radius 1 is 0.814 bits per heavy atom. The molecule has 0 rings (SSSR count). The highest BCUT2D eigenvalue weighted by atomic mass is 30.0. The standard InChI is InChI=1S/C8H26O3Si4.C6H28O7Si8.C4H10.C2H6.CH4/c1-9-15(8,12-2)11-14(6,7)10-13(3,4)5;1-11-21(14,16-8)20(12-15-7,18(3,4)10)13-19(5,6)17(2)9;1-3-4-2;1-2;/h12H2,1-8H3;7-8,10H,15-16H2,1-6,14H3;3-4H2,1-2H3;1-2H3;1H4. The van der Waals surface area contributed by atoms with Crippen LogP contribution >= 0.6 is 0 Å². The first-order chi connectivity index (χ1) is 18.8. The molecule has 0 aromatic rings. The second kappa shape index (κ2) is 24.2. The summed E-state index contributed by atoms with van der Waals surface area (Å²) < 4.78 is 47.9. The normalized spacial score (nSPS) is 17.1. The molecular formula is C21H74O10Si12. The lowest BCUT2D eigenvalue weighted by molar-refractivity contribution is 0.293. The molecule has 22 heteroatoms. The van der Waals surface area contributed by atoms with Crippen LogP contribution in [0.5, 0.6) is 0 Å². The van der Waals surface area contributed by atoms with Crippen molar-refractivity contribution in [3.05, 3.63) is 0 Å². The Kier molecular flexibility index (Phi) is 30.7. The highest BCUT2D eigenvalue weighted by molar-refractivity contribution is 7.83. The van der Waals surface area contributed by atoms with Gasteiger partial charge in [0.05, 0.1) is 9.04 Å². The minimum absolute atomic E-state index is 0. The number of unbranched alkanes of at least 4 members (excludes halogenated alkanes) is 1. The molecule has 0 spiro atoms. The fraction of sp³-hybridized carbons (Fsp3) is 1.00. The summed E-state index contributed by atoms with van der Waals surface area (Å²) in [5.74, 6) is 0. The highest BCUT2D eigenvalue weighted by Crippen LogP contribution is 2.30. The summed E-state index contributed by atoms with van der Waals surface area (Å²) in [6, 6.07) is 0. The van der Waals surface area contributed by atoms with Crippen LogP contribution < -0.4 is 0 Å². The summed E-state index contributed by atoms with van der Waals surface area (Å²) in [7, 11) is -15.7. The molecule has 0 heterocycles. The summed E-state index contributed by atoms with van der Waals surface area (Å²) in [5.41, 5.74) is 0. The van der Waals surface area contributed by atoms with E-state index in [4.69, 9.17) is 25.3 Å². The molecule has 0 saturated carbocycles.